The number of aromatic nitrogens is 3. The van der Waals surface area contributed by atoms with Crippen molar-refractivity contribution >= 4 is 32.8 Å². The Kier molecular flexibility index (Phi) is 5.86. The van der Waals surface area contributed by atoms with Crippen LogP contribution in [0.15, 0.2) is 138 Å². The third kappa shape index (κ3) is 4.27. The second-order valence-electron chi connectivity index (χ2n) is 11.0. The van der Waals surface area contributed by atoms with Crippen molar-refractivity contribution in [3.05, 3.63) is 139 Å². The van der Waals surface area contributed by atoms with Gasteiger partial charge in [0.1, 0.15) is 18.2 Å². The van der Waals surface area contributed by atoms with E-state index in [0.29, 0.717) is 5.82 Å². The maximum atomic E-state index is 6.72. The van der Waals surface area contributed by atoms with E-state index in [2.05, 4.69) is 103 Å². The van der Waals surface area contributed by atoms with Crippen molar-refractivity contribution in [2.45, 2.75) is 6.92 Å². The zero-order valence-corrected chi connectivity index (χ0v) is 24.0. The summed E-state index contributed by atoms with van der Waals surface area (Å²) in [7, 11) is 2.13. The lowest BCUT2D eigenvalue weighted by atomic mass is 9.99. The van der Waals surface area contributed by atoms with E-state index in [9.17, 15) is 0 Å². The van der Waals surface area contributed by atoms with Gasteiger partial charge in [-0.25, -0.2) is 9.97 Å². The summed E-state index contributed by atoms with van der Waals surface area (Å²) in [5.74, 6) is 0.698. The van der Waals surface area contributed by atoms with Crippen molar-refractivity contribution < 1.29 is 8.98 Å². The Morgan fingerprint density at radius 3 is 2.05 bits per heavy atom. The maximum Gasteiger partial charge on any atom is 0.216 e. The fourth-order valence-corrected chi connectivity index (χ4v) is 6.08. The summed E-state index contributed by atoms with van der Waals surface area (Å²) in [6.07, 6.45) is 0. The third-order valence-corrected chi connectivity index (χ3v) is 8.31. The number of hydrogen-bond donors (Lipinski definition) is 0. The molecular formula is C39H28N3O+. The molecule has 0 unspecified atom stereocenters. The van der Waals surface area contributed by atoms with Gasteiger partial charge in [-0.3, -0.25) is 0 Å². The number of furan rings is 1. The third-order valence-electron chi connectivity index (χ3n) is 8.31. The molecule has 0 saturated heterocycles. The summed E-state index contributed by atoms with van der Waals surface area (Å²) in [5.41, 5.74) is 11.1. The van der Waals surface area contributed by atoms with Crippen LogP contribution >= 0.6 is 0 Å². The van der Waals surface area contributed by atoms with Crippen LogP contribution in [0.5, 0.6) is 0 Å². The molecule has 3 aromatic heterocycles. The first-order valence-corrected chi connectivity index (χ1v) is 14.5. The van der Waals surface area contributed by atoms with Crippen molar-refractivity contribution in [3.8, 4) is 45.2 Å². The van der Waals surface area contributed by atoms with Crippen molar-refractivity contribution in [1.29, 1.82) is 0 Å². The molecule has 0 bridgehead atoms. The molecule has 0 aliphatic heterocycles. The summed E-state index contributed by atoms with van der Waals surface area (Å²) in [6, 6.07) is 46.1. The van der Waals surface area contributed by atoms with E-state index in [1.807, 2.05) is 48.5 Å². The van der Waals surface area contributed by atoms with Crippen LogP contribution in [0.4, 0.5) is 0 Å². The molecule has 8 aromatic rings. The molecule has 8 rings (SSSR count). The Morgan fingerprint density at radius 2 is 1.26 bits per heavy atom. The van der Waals surface area contributed by atoms with Crippen LogP contribution in [0, 0.1) is 6.92 Å². The molecule has 5 aromatic carbocycles. The highest BCUT2D eigenvalue weighted by Crippen LogP contribution is 2.39. The number of aryl methyl sites for hydroxylation is 2. The molecule has 0 fully saturated rings. The number of rotatable bonds is 4. The van der Waals surface area contributed by atoms with Crippen LogP contribution in [0.3, 0.4) is 0 Å². The summed E-state index contributed by atoms with van der Waals surface area (Å²) in [4.78, 5) is 9.97. The predicted molar refractivity (Wildman–Crippen MR) is 174 cm³/mol. The van der Waals surface area contributed by atoms with Crippen molar-refractivity contribution in [1.82, 2.24) is 9.97 Å². The Labute approximate surface area is 249 Å². The van der Waals surface area contributed by atoms with Gasteiger partial charge >= 0.3 is 0 Å². The first kappa shape index (κ1) is 25.1. The average molecular weight is 555 g/mol. The molecule has 0 amide bonds. The van der Waals surface area contributed by atoms with E-state index >= 15 is 0 Å². The minimum Gasteiger partial charge on any atom is -0.455 e. The maximum absolute atomic E-state index is 6.72. The number of nitrogens with zero attached hydrogens (tertiary/aromatic N) is 3. The molecule has 4 nitrogen and oxygen atoms in total. The highest BCUT2D eigenvalue weighted by molar-refractivity contribution is 6.10. The predicted octanol–water partition coefficient (Wildman–Crippen LogP) is 9.33. The van der Waals surface area contributed by atoms with Gasteiger partial charge in [-0.2, -0.15) is 4.57 Å². The summed E-state index contributed by atoms with van der Waals surface area (Å²) >= 11 is 0. The quantitative estimate of drug-likeness (QED) is 0.204. The molecule has 3 heterocycles. The number of pyridine rings is 1. The van der Waals surface area contributed by atoms with Crippen molar-refractivity contribution in [2.24, 2.45) is 7.05 Å². The molecule has 4 heteroatoms. The zero-order chi connectivity index (χ0) is 28.9. The van der Waals surface area contributed by atoms with Gasteiger partial charge in [-0.05, 0) is 42.8 Å². The smallest absolute Gasteiger partial charge is 0.216 e. The number of benzene rings is 5. The van der Waals surface area contributed by atoms with E-state index in [1.165, 1.54) is 16.5 Å². The lowest BCUT2D eigenvalue weighted by Crippen LogP contribution is -2.32. The van der Waals surface area contributed by atoms with Gasteiger partial charge in [-0.1, -0.05) is 91.0 Å². The van der Waals surface area contributed by atoms with Crippen LogP contribution in [0.1, 0.15) is 5.56 Å². The highest BCUT2D eigenvalue weighted by atomic mass is 16.3. The minimum absolute atomic E-state index is 0.698. The molecule has 204 valence electrons. The monoisotopic (exact) mass is 554 g/mol. The van der Waals surface area contributed by atoms with Gasteiger partial charge < -0.3 is 4.42 Å². The topological polar surface area (TPSA) is 42.8 Å². The molecule has 0 radical (unpaired) electrons. The van der Waals surface area contributed by atoms with Gasteiger partial charge in [-0.15, -0.1) is 0 Å². The molecule has 0 saturated carbocycles. The molecule has 0 atom stereocenters. The number of fused-ring (bicyclic) bond motifs is 4. The fourth-order valence-electron chi connectivity index (χ4n) is 6.08. The zero-order valence-electron chi connectivity index (χ0n) is 24.0. The van der Waals surface area contributed by atoms with E-state index in [0.717, 1.165) is 61.3 Å². The number of para-hydroxylation sites is 1. The van der Waals surface area contributed by atoms with Gasteiger partial charge in [0.25, 0.3) is 0 Å². The Hall–Kier alpha value is -5.61. The fraction of sp³-hybridized carbons (Fsp3) is 0.0513. The molecule has 0 aliphatic rings. The van der Waals surface area contributed by atoms with Crippen molar-refractivity contribution in [2.75, 3.05) is 0 Å². The van der Waals surface area contributed by atoms with Gasteiger partial charge in [0.2, 0.25) is 11.2 Å². The van der Waals surface area contributed by atoms with Crippen LogP contribution in [-0.4, -0.2) is 9.97 Å². The van der Waals surface area contributed by atoms with E-state index in [4.69, 9.17) is 14.4 Å². The molecule has 0 aliphatic carbocycles. The Balaban J connectivity index is 1.32. The summed E-state index contributed by atoms with van der Waals surface area (Å²) in [5, 5.41) is 3.40. The molecular weight excluding hydrogens is 526 g/mol. The van der Waals surface area contributed by atoms with Crippen LogP contribution in [-0.2, 0) is 7.05 Å². The largest absolute Gasteiger partial charge is 0.455 e. The van der Waals surface area contributed by atoms with E-state index in [1.54, 1.807) is 0 Å². The average Bonchev–Trinajstić information content (AvgIpc) is 3.44. The second-order valence-corrected chi connectivity index (χ2v) is 11.0. The minimum atomic E-state index is 0.698. The SMILES string of the molecule is Cc1ccc2c(oc3cc(-c4cc(-c5ccccc5)nc(-c5ccccc5)n4)ccc32)c1-c1ccc2ccccc2[n+]1C. The second kappa shape index (κ2) is 10.0. The summed E-state index contributed by atoms with van der Waals surface area (Å²) < 4.78 is 8.98. The normalized spacial score (nSPS) is 11.5. The number of hydrogen-bond acceptors (Lipinski definition) is 3. The first-order chi connectivity index (χ1) is 21.1. The Morgan fingerprint density at radius 1 is 0.581 bits per heavy atom. The van der Waals surface area contributed by atoms with Crippen LogP contribution in [0.2, 0.25) is 0 Å². The lowest BCUT2D eigenvalue weighted by Gasteiger charge is -2.09. The van der Waals surface area contributed by atoms with Crippen molar-refractivity contribution in [3.63, 3.8) is 0 Å². The highest BCUT2D eigenvalue weighted by Gasteiger charge is 2.22. The Bertz CT molecular complexity index is 2250. The standard InChI is InChI=1S/C39H28N3O/c1-25-17-20-31-30-21-18-29(23-36(30)43-38(31)37(25)35-22-19-27-13-9-10-16-34(27)42(35)2)33-24-32(26-11-5-3-6-12-26)40-39(41-33)28-14-7-4-8-15-28/h3-24H,1-2H3/q+1. The van der Waals surface area contributed by atoms with Crippen LogP contribution in [0.25, 0.3) is 78.0 Å². The molecule has 43 heavy (non-hydrogen) atoms. The molecule has 0 spiro atoms. The van der Waals surface area contributed by atoms with E-state index < -0.39 is 0 Å². The van der Waals surface area contributed by atoms with Gasteiger partial charge in [0, 0.05) is 45.0 Å². The first-order valence-electron chi connectivity index (χ1n) is 14.5. The lowest BCUT2D eigenvalue weighted by molar-refractivity contribution is -0.633. The van der Waals surface area contributed by atoms with Crippen LogP contribution < -0.4 is 4.57 Å². The van der Waals surface area contributed by atoms with Gasteiger partial charge in [0.15, 0.2) is 5.82 Å². The molecule has 0 N–H and O–H groups in total. The van der Waals surface area contributed by atoms with E-state index in [-0.39, 0.29) is 0 Å². The van der Waals surface area contributed by atoms with Gasteiger partial charge in [0.05, 0.1) is 17.0 Å². The summed E-state index contributed by atoms with van der Waals surface area (Å²) in [6.45, 7) is 2.15.